The van der Waals surface area contributed by atoms with Crippen LogP contribution in [0.3, 0.4) is 0 Å². The molecule has 17 heavy (non-hydrogen) atoms. The van der Waals surface area contributed by atoms with Crippen molar-refractivity contribution >= 4 is 17.3 Å². The molecule has 88 valence electrons. The number of rotatable bonds is 3. The van der Waals surface area contributed by atoms with E-state index in [0.717, 1.165) is 23.8 Å². The minimum absolute atomic E-state index is 0.493. The van der Waals surface area contributed by atoms with Crippen molar-refractivity contribution in [2.24, 2.45) is 0 Å². The molecule has 0 bridgehead atoms. The lowest BCUT2D eigenvalue weighted by Gasteiger charge is -2.08. The standard InChI is InChI=1S/C13H16N4/c1-3-12-16-11(14)8-13(17-12)15-10-6-4-5-9(2)7-10/h4-8H,3H2,1-2H3,(H3,14,15,16,17). The third kappa shape index (κ3) is 2.93. The van der Waals surface area contributed by atoms with Crippen molar-refractivity contribution in [2.45, 2.75) is 20.3 Å². The fourth-order valence-corrected chi connectivity index (χ4v) is 1.61. The second kappa shape index (κ2) is 4.82. The molecule has 0 spiro atoms. The maximum Gasteiger partial charge on any atom is 0.136 e. The van der Waals surface area contributed by atoms with Crippen LogP contribution in [0.1, 0.15) is 18.3 Å². The van der Waals surface area contributed by atoms with Gasteiger partial charge in [0.2, 0.25) is 0 Å². The minimum Gasteiger partial charge on any atom is -0.384 e. The van der Waals surface area contributed by atoms with E-state index in [1.165, 1.54) is 5.56 Å². The molecule has 0 aliphatic carbocycles. The van der Waals surface area contributed by atoms with E-state index in [9.17, 15) is 0 Å². The van der Waals surface area contributed by atoms with Gasteiger partial charge in [-0.05, 0) is 24.6 Å². The fourth-order valence-electron chi connectivity index (χ4n) is 1.61. The molecule has 4 heteroatoms. The summed E-state index contributed by atoms with van der Waals surface area (Å²) < 4.78 is 0. The first-order valence-electron chi connectivity index (χ1n) is 5.64. The first-order chi connectivity index (χ1) is 8.17. The third-order valence-corrected chi connectivity index (χ3v) is 2.40. The predicted octanol–water partition coefficient (Wildman–Crippen LogP) is 2.67. The highest BCUT2D eigenvalue weighted by molar-refractivity contribution is 5.59. The van der Waals surface area contributed by atoms with Crippen molar-refractivity contribution in [3.63, 3.8) is 0 Å². The van der Waals surface area contributed by atoms with Gasteiger partial charge in [0.1, 0.15) is 17.5 Å². The zero-order valence-electron chi connectivity index (χ0n) is 10.1. The summed E-state index contributed by atoms with van der Waals surface area (Å²) in [7, 11) is 0. The zero-order chi connectivity index (χ0) is 12.3. The fraction of sp³-hybridized carbons (Fsp3) is 0.231. The van der Waals surface area contributed by atoms with Gasteiger partial charge in [-0.25, -0.2) is 9.97 Å². The van der Waals surface area contributed by atoms with Crippen LogP contribution in [-0.4, -0.2) is 9.97 Å². The number of anilines is 3. The highest BCUT2D eigenvalue weighted by atomic mass is 15.0. The number of nitrogens with zero attached hydrogens (tertiary/aromatic N) is 2. The lowest BCUT2D eigenvalue weighted by Crippen LogP contribution is -2.02. The van der Waals surface area contributed by atoms with E-state index in [4.69, 9.17) is 5.73 Å². The van der Waals surface area contributed by atoms with E-state index in [0.29, 0.717) is 5.82 Å². The van der Waals surface area contributed by atoms with Gasteiger partial charge in [-0.1, -0.05) is 19.1 Å². The van der Waals surface area contributed by atoms with Crippen molar-refractivity contribution < 1.29 is 0 Å². The maximum atomic E-state index is 5.73. The molecule has 0 amide bonds. The van der Waals surface area contributed by atoms with Crippen molar-refractivity contribution in [3.05, 3.63) is 41.7 Å². The van der Waals surface area contributed by atoms with Gasteiger partial charge in [-0.15, -0.1) is 0 Å². The zero-order valence-corrected chi connectivity index (χ0v) is 10.1. The normalized spacial score (nSPS) is 10.2. The number of hydrogen-bond acceptors (Lipinski definition) is 4. The van der Waals surface area contributed by atoms with Gasteiger partial charge in [0.15, 0.2) is 0 Å². The quantitative estimate of drug-likeness (QED) is 0.847. The topological polar surface area (TPSA) is 63.8 Å². The Balaban J connectivity index is 2.26. The summed E-state index contributed by atoms with van der Waals surface area (Å²) in [4.78, 5) is 8.51. The third-order valence-electron chi connectivity index (χ3n) is 2.40. The molecule has 1 heterocycles. The Bertz CT molecular complexity index is 523. The lowest BCUT2D eigenvalue weighted by atomic mass is 10.2. The van der Waals surface area contributed by atoms with Crippen LogP contribution >= 0.6 is 0 Å². The van der Waals surface area contributed by atoms with Crippen molar-refractivity contribution in [1.82, 2.24) is 9.97 Å². The Morgan fingerprint density at radius 3 is 2.76 bits per heavy atom. The summed E-state index contributed by atoms with van der Waals surface area (Å²) >= 11 is 0. The summed E-state index contributed by atoms with van der Waals surface area (Å²) in [6, 6.07) is 9.85. The predicted molar refractivity (Wildman–Crippen MR) is 70.3 cm³/mol. The van der Waals surface area contributed by atoms with E-state index < -0.39 is 0 Å². The second-order valence-electron chi connectivity index (χ2n) is 3.94. The molecule has 0 fully saturated rings. The van der Waals surface area contributed by atoms with Gasteiger partial charge < -0.3 is 11.1 Å². The Hall–Kier alpha value is -2.10. The van der Waals surface area contributed by atoms with Crippen molar-refractivity contribution in [3.8, 4) is 0 Å². The molecular formula is C13H16N4. The molecular weight excluding hydrogens is 212 g/mol. The number of benzene rings is 1. The SMILES string of the molecule is CCc1nc(N)cc(Nc2cccc(C)c2)n1. The Labute approximate surface area is 101 Å². The minimum atomic E-state index is 0.493. The van der Waals surface area contributed by atoms with Gasteiger partial charge in [-0.2, -0.15) is 0 Å². The van der Waals surface area contributed by atoms with Gasteiger partial charge >= 0.3 is 0 Å². The summed E-state index contributed by atoms with van der Waals surface area (Å²) in [5.41, 5.74) is 7.93. The van der Waals surface area contributed by atoms with Gasteiger partial charge in [-0.3, -0.25) is 0 Å². The van der Waals surface area contributed by atoms with Crippen LogP contribution in [0.15, 0.2) is 30.3 Å². The lowest BCUT2D eigenvalue weighted by molar-refractivity contribution is 0.948. The van der Waals surface area contributed by atoms with E-state index in [1.807, 2.05) is 19.1 Å². The van der Waals surface area contributed by atoms with Crippen molar-refractivity contribution in [2.75, 3.05) is 11.1 Å². The second-order valence-corrected chi connectivity index (χ2v) is 3.94. The Morgan fingerprint density at radius 1 is 1.24 bits per heavy atom. The monoisotopic (exact) mass is 228 g/mol. The summed E-state index contributed by atoms with van der Waals surface area (Å²) in [5, 5.41) is 3.23. The Kier molecular flexibility index (Phi) is 3.23. The summed E-state index contributed by atoms with van der Waals surface area (Å²) in [5.74, 6) is 1.98. The van der Waals surface area contributed by atoms with Crippen LogP contribution in [0.5, 0.6) is 0 Å². The van der Waals surface area contributed by atoms with Crippen LogP contribution in [0.25, 0.3) is 0 Å². The number of aryl methyl sites for hydroxylation is 2. The molecule has 0 radical (unpaired) electrons. The molecule has 0 aliphatic heterocycles. The van der Waals surface area contributed by atoms with Crippen LogP contribution < -0.4 is 11.1 Å². The largest absolute Gasteiger partial charge is 0.384 e. The van der Waals surface area contributed by atoms with E-state index in [-0.39, 0.29) is 0 Å². The van der Waals surface area contributed by atoms with E-state index in [1.54, 1.807) is 6.07 Å². The Morgan fingerprint density at radius 2 is 2.06 bits per heavy atom. The van der Waals surface area contributed by atoms with E-state index in [2.05, 4.69) is 34.3 Å². The molecule has 1 aromatic heterocycles. The first-order valence-corrected chi connectivity index (χ1v) is 5.64. The number of hydrogen-bond donors (Lipinski definition) is 2. The summed E-state index contributed by atoms with van der Waals surface area (Å²) in [6.07, 6.45) is 0.771. The molecule has 2 rings (SSSR count). The first kappa shape index (κ1) is 11.4. The average molecular weight is 228 g/mol. The highest BCUT2D eigenvalue weighted by Gasteiger charge is 2.01. The van der Waals surface area contributed by atoms with Gasteiger partial charge in [0.05, 0.1) is 0 Å². The number of aromatic nitrogens is 2. The van der Waals surface area contributed by atoms with Gasteiger partial charge in [0.25, 0.3) is 0 Å². The molecule has 0 aliphatic rings. The molecule has 0 unspecified atom stereocenters. The molecule has 0 saturated heterocycles. The van der Waals surface area contributed by atoms with E-state index >= 15 is 0 Å². The van der Waals surface area contributed by atoms with Crippen LogP contribution in [-0.2, 0) is 6.42 Å². The molecule has 0 atom stereocenters. The summed E-state index contributed by atoms with van der Waals surface area (Å²) in [6.45, 7) is 4.06. The van der Waals surface area contributed by atoms with Crippen LogP contribution in [0.4, 0.5) is 17.3 Å². The molecule has 0 saturated carbocycles. The molecule has 2 aromatic rings. The number of nitrogen functional groups attached to an aromatic ring is 1. The van der Waals surface area contributed by atoms with Crippen molar-refractivity contribution in [1.29, 1.82) is 0 Å². The highest BCUT2D eigenvalue weighted by Crippen LogP contribution is 2.17. The molecule has 3 N–H and O–H groups in total. The smallest absolute Gasteiger partial charge is 0.136 e. The van der Waals surface area contributed by atoms with Crippen LogP contribution in [0.2, 0.25) is 0 Å². The van der Waals surface area contributed by atoms with Gasteiger partial charge in [0, 0.05) is 18.2 Å². The molecule has 1 aromatic carbocycles. The average Bonchev–Trinajstić information content (AvgIpc) is 2.28. The number of nitrogens with one attached hydrogen (secondary N) is 1. The van der Waals surface area contributed by atoms with Crippen LogP contribution in [0, 0.1) is 6.92 Å². The molecule has 4 nitrogen and oxygen atoms in total. The number of nitrogens with two attached hydrogens (primary N) is 1. The maximum absolute atomic E-state index is 5.73.